The quantitative estimate of drug-likeness (QED) is 0.912. The molecular formula is C14H17ClN2O. The molecule has 18 heavy (non-hydrogen) atoms. The molecule has 0 bridgehead atoms. The predicted octanol–water partition coefficient (Wildman–Crippen LogP) is 3.12. The average Bonchev–Trinajstić information content (AvgIpc) is 2.40. The second-order valence-electron chi connectivity index (χ2n) is 4.63. The van der Waals surface area contributed by atoms with Crippen LogP contribution < -0.4 is 10.1 Å². The Bertz CT molecular complexity index is 448. The fourth-order valence-corrected chi connectivity index (χ4v) is 2.53. The molecule has 1 fully saturated rings. The van der Waals surface area contributed by atoms with Gasteiger partial charge in [-0.1, -0.05) is 11.6 Å². The summed E-state index contributed by atoms with van der Waals surface area (Å²) in [6, 6.07) is 7.91. The van der Waals surface area contributed by atoms with Crippen LogP contribution in [-0.2, 0) is 0 Å². The highest BCUT2D eigenvalue weighted by molar-refractivity contribution is 6.31. The van der Waals surface area contributed by atoms with Gasteiger partial charge in [-0.05, 0) is 44.9 Å². The first-order valence-corrected chi connectivity index (χ1v) is 6.64. The van der Waals surface area contributed by atoms with Crippen molar-refractivity contribution in [3.8, 4) is 11.8 Å². The molecule has 0 amide bonds. The Hall–Kier alpha value is -1.24. The van der Waals surface area contributed by atoms with Crippen molar-refractivity contribution in [3.63, 3.8) is 0 Å². The molecule has 1 aromatic rings. The van der Waals surface area contributed by atoms with E-state index in [1.807, 2.05) is 19.2 Å². The van der Waals surface area contributed by atoms with Gasteiger partial charge in [0.05, 0.1) is 16.7 Å². The Balaban J connectivity index is 1.94. The molecule has 3 nitrogen and oxygen atoms in total. The number of benzene rings is 1. The van der Waals surface area contributed by atoms with Crippen molar-refractivity contribution in [3.05, 3.63) is 28.8 Å². The van der Waals surface area contributed by atoms with Crippen molar-refractivity contribution in [2.45, 2.75) is 37.8 Å². The molecule has 0 unspecified atom stereocenters. The fraction of sp³-hybridized carbons (Fsp3) is 0.500. The Morgan fingerprint density at radius 2 is 2.06 bits per heavy atom. The summed E-state index contributed by atoms with van der Waals surface area (Å²) >= 11 is 5.98. The molecule has 1 aromatic carbocycles. The van der Waals surface area contributed by atoms with E-state index in [2.05, 4.69) is 5.32 Å². The van der Waals surface area contributed by atoms with Crippen LogP contribution in [0.1, 0.15) is 31.2 Å². The number of halogens is 1. The van der Waals surface area contributed by atoms with Crippen molar-refractivity contribution in [1.29, 1.82) is 5.26 Å². The number of nitrogens with zero attached hydrogens (tertiary/aromatic N) is 1. The summed E-state index contributed by atoms with van der Waals surface area (Å²) in [6.45, 7) is 0. The highest BCUT2D eigenvalue weighted by Crippen LogP contribution is 2.27. The third-order valence-electron chi connectivity index (χ3n) is 3.45. The van der Waals surface area contributed by atoms with Crippen LogP contribution in [0, 0.1) is 11.3 Å². The van der Waals surface area contributed by atoms with Crippen LogP contribution in [0.4, 0.5) is 0 Å². The van der Waals surface area contributed by atoms with Crippen LogP contribution in [0.5, 0.6) is 5.75 Å². The van der Waals surface area contributed by atoms with E-state index in [9.17, 15) is 0 Å². The van der Waals surface area contributed by atoms with E-state index in [1.54, 1.807) is 12.1 Å². The molecule has 0 aromatic heterocycles. The first kappa shape index (κ1) is 13.2. The number of ether oxygens (including phenoxy) is 1. The molecule has 0 heterocycles. The van der Waals surface area contributed by atoms with Crippen LogP contribution >= 0.6 is 11.6 Å². The van der Waals surface area contributed by atoms with E-state index < -0.39 is 0 Å². The van der Waals surface area contributed by atoms with E-state index in [0.717, 1.165) is 31.4 Å². The van der Waals surface area contributed by atoms with Crippen molar-refractivity contribution in [2.75, 3.05) is 7.05 Å². The zero-order valence-electron chi connectivity index (χ0n) is 10.4. The summed E-state index contributed by atoms with van der Waals surface area (Å²) in [7, 11) is 2.01. The number of hydrogen-bond donors (Lipinski definition) is 1. The lowest BCUT2D eigenvalue weighted by atomic mass is 9.93. The maximum atomic E-state index is 8.80. The maximum Gasteiger partial charge on any atom is 0.121 e. The van der Waals surface area contributed by atoms with Gasteiger partial charge in [-0.15, -0.1) is 0 Å². The minimum Gasteiger partial charge on any atom is -0.490 e. The van der Waals surface area contributed by atoms with Gasteiger partial charge >= 0.3 is 0 Å². The molecule has 0 spiro atoms. The molecule has 0 aliphatic heterocycles. The maximum absolute atomic E-state index is 8.80. The molecule has 0 saturated heterocycles. The van der Waals surface area contributed by atoms with E-state index in [0.29, 0.717) is 16.6 Å². The van der Waals surface area contributed by atoms with Crippen molar-refractivity contribution < 1.29 is 4.74 Å². The lowest BCUT2D eigenvalue weighted by Gasteiger charge is -2.28. The van der Waals surface area contributed by atoms with Crippen molar-refractivity contribution in [2.24, 2.45) is 0 Å². The third-order valence-corrected chi connectivity index (χ3v) is 3.76. The highest BCUT2D eigenvalue weighted by Gasteiger charge is 2.21. The van der Waals surface area contributed by atoms with Gasteiger partial charge in [0.2, 0.25) is 0 Å². The van der Waals surface area contributed by atoms with Crippen LogP contribution in [0.3, 0.4) is 0 Å². The monoisotopic (exact) mass is 264 g/mol. The molecule has 96 valence electrons. The van der Waals surface area contributed by atoms with Crippen LogP contribution in [0.15, 0.2) is 18.2 Å². The largest absolute Gasteiger partial charge is 0.490 e. The Morgan fingerprint density at radius 1 is 1.33 bits per heavy atom. The smallest absolute Gasteiger partial charge is 0.121 e. The Kier molecular flexibility index (Phi) is 4.46. The minimum atomic E-state index is 0.263. The van der Waals surface area contributed by atoms with Crippen LogP contribution in [0.2, 0.25) is 5.02 Å². The molecule has 1 aliphatic carbocycles. The minimum absolute atomic E-state index is 0.263. The van der Waals surface area contributed by atoms with Crippen molar-refractivity contribution >= 4 is 11.6 Å². The number of hydrogen-bond acceptors (Lipinski definition) is 3. The van der Waals surface area contributed by atoms with E-state index in [4.69, 9.17) is 21.6 Å². The van der Waals surface area contributed by atoms with Gasteiger partial charge in [0.25, 0.3) is 0 Å². The zero-order chi connectivity index (χ0) is 13.0. The second-order valence-corrected chi connectivity index (χ2v) is 5.04. The van der Waals surface area contributed by atoms with Gasteiger partial charge in [0.15, 0.2) is 0 Å². The van der Waals surface area contributed by atoms with E-state index in [1.165, 1.54) is 0 Å². The summed E-state index contributed by atoms with van der Waals surface area (Å²) < 4.78 is 5.91. The SMILES string of the molecule is CN[C@H]1CC[C@H](Oc2ccc(C#N)c(Cl)c2)CC1. The molecule has 1 aliphatic rings. The van der Waals surface area contributed by atoms with Crippen LogP contribution in [0.25, 0.3) is 0 Å². The Labute approximate surface area is 113 Å². The lowest BCUT2D eigenvalue weighted by molar-refractivity contribution is 0.141. The summed E-state index contributed by atoms with van der Waals surface area (Å²) in [5.41, 5.74) is 0.489. The van der Waals surface area contributed by atoms with Gasteiger partial charge in [-0.3, -0.25) is 0 Å². The van der Waals surface area contributed by atoms with Gasteiger partial charge in [0, 0.05) is 12.1 Å². The second kappa shape index (κ2) is 6.08. The predicted molar refractivity (Wildman–Crippen MR) is 71.9 cm³/mol. The molecular weight excluding hydrogens is 248 g/mol. The molecule has 4 heteroatoms. The standard InChI is InChI=1S/C14H17ClN2O/c1-17-11-3-6-12(7-4-11)18-13-5-2-10(9-16)14(15)8-13/h2,5,8,11-12,17H,3-4,6-7H2,1H3/t11-,12-. The topological polar surface area (TPSA) is 45.0 Å². The normalized spacial score (nSPS) is 23.4. The van der Waals surface area contributed by atoms with E-state index >= 15 is 0 Å². The third kappa shape index (κ3) is 3.16. The van der Waals surface area contributed by atoms with Crippen LogP contribution in [-0.4, -0.2) is 19.2 Å². The zero-order valence-corrected chi connectivity index (χ0v) is 11.2. The van der Waals surface area contributed by atoms with Gasteiger partial charge in [0.1, 0.15) is 11.8 Å². The summed E-state index contributed by atoms with van der Waals surface area (Å²) in [6.07, 6.45) is 4.67. The first-order chi connectivity index (χ1) is 8.72. The first-order valence-electron chi connectivity index (χ1n) is 6.26. The van der Waals surface area contributed by atoms with Gasteiger partial charge < -0.3 is 10.1 Å². The van der Waals surface area contributed by atoms with Gasteiger partial charge in [-0.25, -0.2) is 0 Å². The number of nitrogens with one attached hydrogen (secondary N) is 1. The van der Waals surface area contributed by atoms with Gasteiger partial charge in [-0.2, -0.15) is 5.26 Å². The molecule has 1 saturated carbocycles. The highest BCUT2D eigenvalue weighted by atomic mass is 35.5. The summed E-state index contributed by atoms with van der Waals surface area (Å²) in [4.78, 5) is 0. The summed E-state index contributed by atoms with van der Waals surface area (Å²) in [5, 5.41) is 12.6. The van der Waals surface area contributed by atoms with E-state index in [-0.39, 0.29) is 6.10 Å². The number of nitriles is 1. The lowest BCUT2D eigenvalue weighted by Crippen LogP contribution is -2.34. The molecule has 0 atom stereocenters. The number of rotatable bonds is 3. The fourth-order valence-electron chi connectivity index (χ4n) is 2.32. The van der Waals surface area contributed by atoms with Crippen molar-refractivity contribution in [1.82, 2.24) is 5.32 Å². The molecule has 1 N–H and O–H groups in total. The average molecular weight is 265 g/mol. The molecule has 2 rings (SSSR count). The molecule has 0 radical (unpaired) electrons. The summed E-state index contributed by atoms with van der Waals surface area (Å²) in [5.74, 6) is 0.756. The Morgan fingerprint density at radius 3 is 2.61 bits per heavy atom.